The van der Waals surface area contributed by atoms with E-state index in [-0.39, 0.29) is 17.9 Å². The topological polar surface area (TPSA) is 74.2 Å². The van der Waals surface area contributed by atoms with Crippen molar-refractivity contribution in [3.05, 3.63) is 48.7 Å². The number of hydrogen-bond donors (Lipinski definition) is 3. The molecule has 0 radical (unpaired) electrons. The highest BCUT2D eigenvalue weighted by molar-refractivity contribution is 5.92. The summed E-state index contributed by atoms with van der Waals surface area (Å²) >= 11 is 0. The first-order chi connectivity index (χ1) is 11.2. The first-order valence-electron chi connectivity index (χ1n) is 7.98. The van der Waals surface area contributed by atoms with Gasteiger partial charge in [0.15, 0.2) is 0 Å². The largest absolute Gasteiger partial charge is 0.393 e. The van der Waals surface area contributed by atoms with Gasteiger partial charge in [-0.2, -0.15) is 0 Å². The van der Waals surface area contributed by atoms with Gasteiger partial charge in [0, 0.05) is 11.6 Å². The highest BCUT2D eigenvalue weighted by Gasteiger charge is 2.25. The van der Waals surface area contributed by atoms with E-state index in [1.807, 2.05) is 42.5 Å². The Morgan fingerprint density at radius 3 is 2.39 bits per heavy atom. The minimum absolute atomic E-state index is 0.0134. The molecular weight excluding hydrogens is 290 g/mol. The van der Waals surface area contributed by atoms with Gasteiger partial charge in [-0.1, -0.05) is 18.2 Å². The fraction of sp³-hybridized carbons (Fsp3) is 0.333. The highest BCUT2D eigenvalue weighted by Crippen LogP contribution is 2.25. The number of rotatable bonds is 4. The van der Waals surface area contributed by atoms with Crippen molar-refractivity contribution in [2.75, 3.05) is 10.6 Å². The van der Waals surface area contributed by atoms with Gasteiger partial charge in [0.05, 0.1) is 18.0 Å². The van der Waals surface area contributed by atoms with Crippen molar-refractivity contribution in [2.24, 2.45) is 5.92 Å². The zero-order valence-corrected chi connectivity index (χ0v) is 12.9. The summed E-state index contributed by atoms with van der Waals surface area (Å²) < 4.78 is 0. The van der Waals surface area contributed by atoms with Crippen molar-refractivity contribution < 1.29 is 9.90 Å². The van der Waals surface area contributed by atoms with E-state index < -0.39 is 0 Å². The SMILES string of the molecule is O=C(Nc1ccc(Nc2ccccc2)nc1)C1CCC(O)CC1. The number of aliphatic hydroxyl groups excluding tert-OH is 1. The molecule has 5 nitrogen and oxygen atoms in total. The van der Waals surface area contributed by atoms with Crippen LogP contribution in [0, 0.1) is 5.92 Å². The summed E-state index contributed by atoms with van der Waals surface area (Å²) in [6.07, 6.45) is 4.30. The lowest BCUT2D eigenvalue weighted by Gasteiger charge is -2.24. The normalized spacial score (nSPS) is 20.7. The summed E-state index contributed by atoms with van der Waals surface area (Å²) in [6, 6.07) is 13.5. The summed E-state index contributed by atoms with van der Waals surface area (Å²) in [6.45, 7) is 0. The van der Waals surface area contributed by atoms with Gasteiger partial charge in [-0.15, -0.1) is 0 Å². The molecule has 1 fully saturated rings. The molecule has 1 aromatic heterocycles. The van der Waals surface area contributed by atoms with E-state index >= 15 is 0 Å². The van der Waals surface area contributed by atoms with Crippen molar-refractivity contribution in [3.63, 3.8) is 0 Å². The summed E-state index contributed by atoms with van der Waals surface area (Å²) in [5.74, 6) is 0.734. The molecule has 3 N–H and O–H groups in total. The summed E-state index contributed by atoms with van der Waals surface area (Å²) in [5, 5.41) is 15.6. The second kappa shape index (κ2) is 7.24. The van der Waals surface area contributed by atoms with E-state index in [1.54, 1.807) is 6.20 Å². The summed E-state index contributed by atoms with van der Waals surface area (Å²) in [5.41, 5.74) is 1.66. The Morgan fingerprint density at radius 2 is 1.74 bits per heavy atom. The first-order valence-corrected chi connectivity index (χ1v) is 7.98. The average Bonchev–Trinajstić information content (AvgIpc) is 2.58. The molecule has 3 rings (SSSR count). The maximum atomic E-state index is 12.2. The van der Waals surface area contributed by atoms with E-state index in [2.05, 4.69) is 15.6 Å². The number of anilines is 3. The fourth-order valence-corrected chi connectivity index (χ4v) is 2.79. The number of hydrogen-bond acceptors (Lipinski definition) is 4. The molecule has 0 spiro atoms. The van der Waals surface area contributed by atoms with Crippen molar-refractivity contribution in [2.45, 2.75) is 31.8 Å². The predicted molar refractivity (Wildman–Crippen MR) is 90.6 cm³/mol. The van der Waals surface area contributed by atoms with Gasteiger partial charge < -0.3 is 15.7 Å². The Morgan fingerprint density at radius 1 is 1.00 bits per heavy atom. The third-order valence-corrected chi connectivity index (χ3v) is 4.14. The molecule has 1 saturated carbocycles. The van der Waals surface area contributed by atoms with Crippen molar-refractivity contribution in [1.29, 1.82) is 0 Å². The standard InChI is InChI=1S/C18H21N3O2/c22-16-9-6-13(7-10-16)18(23)21-15-8-11-17(19-12-15)20-14-4-2-1-3-5-14/h1-5,8,11-13,16,22H,6-7,9-10H2,(H,19,20)(H,21,23). The van der Waals surface area contributed by atoms with Crippen LogP contribution in [0.25, 0.3) is 0 Å². The van der Waals surface area contributed by atoms with E-state index in [1.165, 1.54) is 0 Å². The van der Waals surface area contributed by atoms with Crippen LogP contribution in [-0.4, -0.2) is 22.1 Å². The lowest BCUT2D eigenvalue weighted by Crippen LogP contribution is -2.28. The number of carbonyl (C=O) groups excluding carboxylic acids is 1. The molecule has 0 saturated heterocycles. The van der Waals surface area contributed by atoms with E-state index in [9.17, 15) is 9.90 Å². The van der Waals surface area contributed by atoms with Gasteiger partial charge in [-0.3, -0.25) is 4.79 Å². The monoisotopic (exact) mass is 311 g/mol. The van der Waals surface area contributed by atoms with Crippen LogP contribution < -0.4 is 10.6 Å². The molecule has 120 valence electrons. The van der Waals surface area contributed by atoms with Crippen LogP contribution in [0.15, 0.2) is 48.7 Å². The number of nitrogens with zero attached hydrogens (tertiary/aromatic N) is 1. The van der Waals surface area contributed by atoms with Crippen molar-refractivity contribution in [3.8, 4) is 0 Å². The van der Waals surface area contributed by atoms with Gasteiger partial charge in [-0.05, 0) is 49.9 Å². The summed E-state index contributed by atoms with van der Waals surface area (Å²) in [4.78, 5) is 16.5. The van der Waals surface area contributed by atoms with E-state index in [0.29, 0.717) is 18.5 Å². The molecule has 1 aliphatic carbocycles. The number of para-hydroxylation sites is 1. The molecule has 0 bridgehead atoms. The molecule has 1 aliphatic rings. The minimum atomic E-state index is -0.246. The lowest BCUT2D eigenvalue weighted by molar-refractivity contribution is -0.121. The highest BCUT2D eigenvalue weighted by atomic mass is 16.3. The quantitative estimate of drug-likeness (QED) is 0.810. The number of nitrogens with one attached hydrogen (secondary N) is 2. The Bertz CT molecular complexity index is 635. The van der Waals surface area contributed by atoms with E-state index in [0.717, 1.165) is 24.3 Å². The molecule has 2 aromatic rings. The number of amides is 1. The third kappa shape index (κ3) is 4.29. The van der Waals surface area contributed by atoms with E-state index in [4.69, 9.17) is 0 Å². The lowest BCUT2D eigenvalue weighted by atomic mass is 9.87. The maximum Gasteiger partial charge on any atom is 0.227 e. The molecule has 5 heteroatoms. The number of aromatic nitrogens is 1. The zero-order chi connectivity index (χ0) is 16.1. The van der Waals surface area contributed by atoms with Crippen LogP contribution in [0.4, 0.5) is 17.2 Å². The molecular formula is C18H21N3O2. The second-order valence-corrected chi connectivity index (χ2v) is 5.92. The average molecular weight is 311 g/mol. The number of benzene rings is 1. The third-order valence-electron chi connectivity index (χ3n) is 4.14. The molecule has 1 heterocycles. The fourth-order valence-electron chi connectivity index (χ4n) is 2.79. The van der Waals surface area contributed by atoms with Crippen LogP contribution in [-0.2, 0) is 4.79 Å². The molecule has 1 aromatic carbocycles. The predicted octanol–water partition coefficient (Wildman–Crippen LogP) is 3.31. The van der Waals surface area contributed by atoms with Gasteiger partial charge in [0.2, 0.25) is 5.91 Å². The molecule has 0 unspecified atom stereocenters. The second-order valence-electron chi connectivity index (χ2n) is 5.92. The Hall–Kier alpha value is -2.40. The molecule has 0 atom stereocenters. The van der Waals surface area contributed by atoms with Crippen LogP contribution in [0.5, 0.6) is 0 Å². The smallest absolute Gasteiger partial charge is 0.227 e. The van der Waals surface area contributed by atoms with Gasteiger partial charge in [-0.25, -0.2) is 4.98 Å². The van der Waals surface area contributed by atoms with Crippen molar-refractivity contribution in [1.82, 2.24) is 4.98 Å². The van der Waals surface area contributed by atoms with Crippen LogP contribution in [0.1, 0.15) is 25.7 Å². The first kappa shape index (κ1) is 15.5. The number of pyridine rings is 1. The zero-order valence-electron chi connectivity index (χ0n) is 12.9. The van der Waals surface area contributed by atoms with Crippen LogP contribution >= 0.6 is 0 Å². The molecule has 0 aliphatic heterocycles. The van der Waals surface area contributed by atoms with Gasteiger partial charge in [0.1, 0.15) is 5.82 Å². The molecule has 23 heavy (non-hydrogen) atoms. The Labute approximate surface area is 135 Å². The maximum absolute atomic E-state index is 12.2. The Balaban J connectivity index is 1.56. The minimum Gasteiger partial charge on any atom is -0.393 e. The number of aliphatic hydroxyl groups is 1. The Kier molecular flexibility index (Phi) is 4.88. The number of carbonyl (C=O) groups is 1. The van der Waals surface area contributed by atoms with Gasteiger partial charge >= 0.3 is 0 Å². The van der Waals surface area contributed by atoms with Gasteiger partial charge in [0.25, 0.3) is 0 Å². The summed E-state index contributed by atoms with van der Waals surface area (Å²) in [7, 11) is 0. The van der Waals surface area contributed by atoms with Crippen LogP contribution in [0.2, 0.25) is 0 Å². The molecule has 1 amide bonds. The van der Waals surface area contributed by atoms with Crippen molar-refractivity contribution >= 4 is 23.1 Å². The van der Waals surface area contributed by atoms with Crippen LogP contribution in [0.3, 0.4) is 0 Å².